The number of hydrogen-bond donors (Lipinski definition) is 1. The van der Waals surface area contributed by atoms with Crippen molar-refractivity contribution in [1.29, 1.82) is 0 Å². The van der Waals surface area contributed by atoms with Crippen LogP contribution in [0.4, 0.5) is 0 Å². The highest BCUT2D eigenvalue weighted by atomic mass is 16.5. The van der Waals surface area contributed by atoms with Crippen LogP contribution < -0.4 is 10.1 Å². The van der Waals surface area contributed by atoms with Crippen molar-refractivity contribution in [2.24, 2.45) is 0 Å². The van der Waals surface area contributed by atoms with Crippen LogP contribution >= 0.6 is 0 Å². The molecule has 6 heteroatoms. The third-order valence-electron chi connectivity index (χ3n) is 4.53. The summed E-state index contributed by atoms with van der Waals surface area (Å²) >= 11 is 0. The second kappa shape index (κ2) is 8.49. The number of pyridine rings is 1. The van der Waals surface area contributed by atoms with Crippen molar-refractivity contribution in [1.82, 2.24) is 20.1 Å². The number of benzene rings is 1. The van der Waals surface area contributed by atoms with Gasteiger partial charge in [0.05, 0.1) is 30.7 Å². The number of nitrogens with one attached hydrogen (secondary N) is 1. The second-order valence-electron chi connectivity index (χ2n) is 6.36. The van der Waals surface area contributed by atoms with E-state index in [1.807, 2.05) is 61.0 Å². The Labute approximate surface area is 159 Å². The SMILES string of the molecule is COc1cccc(-n2nc(C)c(CCC(=O)NCc3ccccn3)c2C)c1. The van der Waals surface area contributed by atoms with Crippen LogP contribution in [0.5, 0.6) is 5.75 Å². The number of nitrogens with zero attached hydrogens (tertiary/aromatic N) is 3. The van der Waals surface area contributed by atoms with Gasteiger partial charge < -0.3 is 10.1 Å². The first-order valence-corrected chi connectivity index (χ1v) is 8.94. The molecule has 0 bridgehead atoms. The highest BCUT2D eigenvalue weighted by molar-refractivity contribution is 5.76. The van der Waals surface area contributed by atoms with Crippen LogP contribution in [0.2, 0.25) is 0 Å². The van der Waals surface area contributed by atoms with E-state index in [0.29, 0.717) is 19.4 Å². The second-order valence-corrected chi connectivity index (χ2v) is 6.36. The van der Waals surface area contributed by atoms with Gasteiger partial charge in [-0.3, -0.25) is 9.78 Å². The molecule has 1 N–H and O–H groups in total. The van der Waals surface area contributed by atoms with E-state index in [1.54, 1.807) is 13.3 Å². The van der Waals surface area contributed by atoms with E-state index in [4.69, 9.17) is 4.74 Å². The zero-order valence-corrected chi connectivity index (χ0v) is 15.9. The third-order valence-corrected chi connectivity index (χ3v) is 4.53. The molecule has 0 radical (unpaired) electrons. The number of aromatic nitrogens is 3. The Hall–Kier alpha value is -3.15. The van der Waals surface area contributed by atoms with Crippen molar-refractivity contribution in [2.45, 2.75) is 33.2 Å². The van der Waals surface area contributed by atoms with Gasteiger partial charge in [-0.1, -0.05) is 12.1 Å². The van der Waals surface area contributed by atoms with Crippen LogP contribution in [0, 0.1) is 13.8 Å². The van der Waals surface area contributed by atoms with E-state index in [9.17, 15) is 4.79 Å². The molecule has 0 saturated heterocycles. The maximum Gasteiger partial charge on any atom is 0.220 e. The van der Waals surface area contributed by atoms with E-state index in [-0.39, 0.29) is 5.91 Å². The Kier molecular flexibility index (Phi) is 5.86. The maximum absolute atomic E-state index is 12.2. The summed E-state index contributed by atoms with van der Waals surface area (Å²) in [5.41, 5.74) is 4.88. The number of ether oxygens (including phenoxy) is 1. The first kappa shape index (κ1) is 18.6. The number of carbonyl (C=O) groups excluding carboxylic acids is 1. The Balaban J connectivity index is 1.65. The first-order chi connectivity index (χ1) is 13.1. The minimum atomic E-state index is 0.00795. The summed E-state index contributed by atoms with van der Waals surface area (Å²) in [6.07, 6.45) is 2.79. The fourth-order valence-corrected chi connectivity index (χ4v) is 3.05. The molecule has 0 aliphatic carbocycles. The number of methoxy groups -OCH3 is 1. The molecule has 1 amide bonds. The van der Waals surface area contributed by atoms with Crippen LogP contribution in [0.3, 0.4) is 0 Å². The lowest BCUT2D eigenvalue weighted by atomic mass is 10.1. The molecular weight excluding hydrogens is 340 g/mol. The van der Waals surface area contributed by atoms with Crippen LogP contribution in [0.15, 0.2) is 48.7 Å². The fraction of sp³-hybridized carbons (Fsp3) is 0.286. The van der Waals surface area contributed by atoms with Crippen LogP contribution in [-0.4, -0.2) is 27.8 Å². The lowest BCUT2D eigenvalue weighted by Gasteiger charge is -2.08. The summed E-state index contributed by atoms with van der Waals surface area (Å²) in [7, 11) is 1.65. The summed E-state index contributed by atoms with van der Waals surface area (Å²) in [6.45, 7) is 4.45. The summed E-state index contributed by atoms with van der Waals surface area (Å²) in [6, 6.07) is 13.4. The van der Waals surface area contributed by atoms with Crippen molar-refractivity contribution >= 4 is 5.91 Å². The van der Waals surface area contributed by atoms with E-state index in [0.717, 1.165) is 34.1 Å². The number of carbonyl (C=O) groups is 1. The fourth-order valence-electron chi connectivity index (χ4n) is 3.05. The normalized spacial score (nSPS) is 10.6. The van der Waals surface area contributed by atoms with Crippen molar-refractivity contribution in [3.05, 3.63) is 71.3 Å². The van der Waals surface area contributed by atoms with Gasteiger partial charge in [-0.05, 0) is 50.1 Å². The average Bonchev–Trinajstić information content (AvgIpc) is 2.99. The van der Waals surface area contributed by atoms with Crippen LogP contribution in [-0.2, 0) is 17.8 Å². The predicted molar refractivity (Wildman–Crippen MR) is 104 cm³/mol. The van der Waals surface area contributed by atoms with Crippen LogP contribution in [0.1, 0.15) is 29.1 Å². The maximum atomic E-state index is 12.2. The topological polar surface area (TPSA) is 69.0 Å². The van der Waals surface area contributed by atoms with Crippen molar-refractivity contribution in [2.75, 3.05) is 7.11 Å². The Bertz CT molecular complexity index is 919. The molecule has 0 unspecified atom stereocenters. The quantitative estimate of drug-likeness (QED) is 0.699. The van der Waals surface area contributed by atoms with Gasteiger partial charge in [0.15, 0.2) is 0 Å². The molecule has 140 valence electrons. The van der Waals surface area contributed by atoms with Crippen molar-refractivity contribution < 1.29 is 9.53 Å². The minimum absolute atomic E-state index is 0.00795. The molecule has 0 fully saturated rings. The smallest absolute Gasteiger partial charge is 0.220 e. The lowest BCUT2D eigenvalue weighted by Crippen LogP contribution is -2.23. The summed E-state index contributed by atoms with van der Waals surface area (Å²) in [5, 5.41) is 7.56. The van der Waals surface area contributed by atoms with Gasteiger partial charge in [-0.2, -0.15) is 5.10 Å². The van der Waals surface area contributed by atoms with E-state index in [2.05, 4.69) is 15.4 Å². The monoisotopic (exact) mass is 364 g/mol. The molecule has 0 spiro atoms. The van der Waals surface area contributed by atoms with Crippen molar-refractivity contribution in [3.63, 3.8) is 0 Å². The van der Waals surface area contributed by atoms with E-state index < -0.39 is 0 Å². The third kappa shape index (κ3) is 4.53. The highest BCUT2D eigenvalue weighted by Crippen LogP contribution is 2.22. The van der Waals surface area contributed by atoms with Gasteiger partial charge in [-0.25, -0.2) is 4.68 Å². The highest BCUT2D eigenvalue weighted by Gasteiger charge is 2.14. The van der Waals surface area contributed by atoms with Gasteiger partial charge >= 0.3 is 0 Å². The predicted octanol–water partition coefficient (Wildman–Crippen LogP) is 3.14. The number of aryl methyl sites for hydroxylation is 1. The molecule has 1 aromatic carbocycles. The summed E-state index contributed by atoms with van der Waals surface area (Å²) in [5.74, 6) is 0.795. The molecular formula is C21H24N4O2. The number of rotatable bonds is 7. The first-order valence-electron chi connectivity index (χ1n) is 8.94. The minimum Gasteiger partial charge on any atom is -0.497 e. The van der Waals surface area contributed by atoms with Gasteiger partial charge in [0.2, 0.25) is 5.91 Å². The molecule has 0 aliphatic heterocycles. The standard InChI is InChI=1S/C21H24N4O2/c1-15-20(10-11-21(26)23-14-17-7-4-5-12-22-17)16(2)25(24-15)18-8-6-9-19(13-18)27-3/h4-9,12-13H,10-11,14H2,1-3H3,(H,23,26). The van der Waals surface area contributed by atoms with Gasteiger partial charge in [0.25, 0.3) is 0 Å². The van der Waals surface area contributed by atoms with Gasteiger partial charge in [-0.15, -0.1) is 0 Å². The van der Waals surface area contributed by atoms with Crippen molar-refractivity contribution in [3.8, 4) is 11.4 Å². The molecule has 2 aromatic heterocycles. The lowest BCUT2D eigenvalue weighted by molar-refractivity contribution is -0.121. The molecule has 3 aromatic rings. The molecule has 6 nitrogen and oxygen atoms in total. The molecule has 0 saturated carbocycles. The van der Waals surface area contributed by atoms with Crippen LogP contribution in [0.25, 0.3) is 5.69 Å². The van der Waals surface area contributed by atoms with E-state index >= 15 is 0 Å². The molecule has 0 aliphatic rings. The van der Waals surface area contributed by atoms with Gasteiger partial charge in [0, 0.05) is 24.4 Å². The van der Waals surface area contributed by atoms with E-state index in [1.165, 1.54) is 0 Å². The molecule has 27 heavy (non-hydrogen) atoms. The Morgan fingerprint density at radius 2 is 2.04 bits per heavy atom. The molecule has 2 heterocycles. The number of amides is 1. The Morgan fingerprint density at radius 1 is 1.19 bits per heavy atom. The summed E-state index contributed by atoms with van der Waals surface area (Å²) < 4.78 is 7.20. The molecule has 3 rings (SSSR count). The number of hydrogen-bond acceptors (Lipinski definition) is 4. The summed E-state index contributed by atoms with van der Waals surface area (Å²) in [4.78, 5) is 16.4. The zero-order valence-electron chi connectivity index (χ0n) is 15.9. The molecule has 0 atom stereocenters. The average molecular weight is 364 g/mol. The van der Waals surface area contributed by atoms with Gasteiger partial charge in [0.1, 0.15) is 5.75 Å². The zero-order chi connectivity index (χ0) is 19.2. The Morgan fingerprint density at radius 3 is 2.78 bits per heavy atom. The largest absolute Gasteiger partial charge is 0.497 e.